The van der Waals surface area contributed by atoms with Gasteiger partial charge in [-0.25, -0.2) is 4.79 Å². The van der Waals surface area contributed by atoms with Gasteiger partial charge in [-0.1, -0.05) is 6.07 Å². The van der Waals surface area contributed by atoms with Crippen LogP contribution >= 0.6 is 23.0 Å². The van der Waals surface area contributed by atoms with E-state index >= 15 is 0 Å². The number of benzene rings is 1. The molecule has 0 aliphatic rings. The lowest BCUT2D eigenvalue weighted by molar-refractivity contribution is -0.385. The van der Waals surface area contributed by atoms with Crippen molar-refractivity contribution in [3.8, 4) is 0 Å². The molecular weight excluding hydrogens is 301 g/mol. The van der Waals surface area contributed by atoms with Crippen molar-refractivity contribution in [3.05, 3.63) is 39.4 Å². The van der Waals surface area contributed by atoms with Crippen LogP contribution in [0.2, 0.25) is 0 Å². The number of halogens is 1. The van der Waals surface area contributed by atoms with Crippen LogP contribution in [0.15, 0.2) is 18.2 Å². The third-order valence-electron chi connectivity index (χ3n) is 1.71. The molecule has 0 spiro atoms. The third-order valence-corrected chi connectivity index (χ3v) is 2.11. The molecule has 0 aromatic heterocycles. The molecule has 0 heterocycles. The molecule has 0 bridgehead atoms. The summed E-state index contributed by atoms with van der Waals surface area (Å²) in [4.78, 5) is 21.1. The van der Waals surface area contributed by atoms with Crippen LogP contribution in [-0.2, 0) is 3.07 Å². The van der Waals surface area contributed by atoms with Crippen molar-refractivity contribution in [2.75, 3.05) is 0 Å². The largest absolute Gasteiger partial charge is 0.391 e. The fourth-order valence-electron chi connectivity index (χ4n) is 0.978. The van der Waals surface area contributed by atoms with Gasteiger partial charge < -0.3 is 3.07 Å². The fourth-order valence-corrected chi connectivity index (χ4v) is 1.23. The number of hydrogen-bond donors (Lipinski definition) is 0. The number of carbonyl (C=O) groups excluding carboxylic acids is 1. The third kappa shape index (κ3) is 2.19. The Labute approximate surface area is 93.9 Å². The summed E-state index contributed by atoms with van der Waals surface area (Å²) in [7, 11) is 0. The van der Waals surface area contributed by atoms with Gasteiger partial charge in [0.15, 0.2) is 23.0 Å². The Balaban J connectivity index is 3.19. The molecule has 0 saturated carbocycles. The molecule has 0 saturated heterocycles. The zero-order chi connectivity index (χ0) is 10.7. The van der Waals surface area contributed by atoms with E-state index in [-0.39, 0.29) is 11.3 Å². The van der Waals surface area contributed by atoms with Gasteiger partial charge in [-0.15, -0.1) is 0 Å². The first-order valence-electron chi connectivity index (χ1n) is 3.64. The van der Waals surface area contributed by atoms with Crippen LogP contribution in [0, 0.1) is 17.0 Å². The van der Waals surface area contributed by atoms with Crippen LogP contribution in [0.25, 0.3) is 0 Å². The van der Waals surface area contributed by atoms with Crippen LogP contribution in [-0.4, -0.2) is 10.9 Å². The molecule has 0 fully saturated rings. The van der Waals surface area contributed by atoms with E-state index in [9.17, 15) is 14.9 Å². The van der Waals surface area contributed by atoms with Crippen molar-refractivity contribution in [1.82, 2.24) is 0 Å². The van der Waals surface area contributed by atoms with Crippen LogP contribution in [0.3, 0.4) is 0 Å². The maximum absolute atomic E-state index is 11.0. The lowest BCUT2D eigenvalue weighted by Gasteiger charge is -1.99. The van der Waals surface area contributed by atoms with E-state index in [1.165, 1.54) is 41.2 Å². The lowest BCUT2D eigenvalue weighted by atomic mass is 10.1. The minimum Gasteiger partial charge on any atom is -0.391 e. The predicted octanol–water partition coefficient (Wildman–Crippen LogP) is 2.41. The number of hydrogen-bond acceptors (Lipinski definition) is 4. The Morgan fingerprint density at radius 3 is 2.71 bits per heavy atom. The first-order chi connectivity index (χ1) is 6.56. The van der Waals surface area contributed by atoms with Crippen molar-refractivity contribution < 1.29 is 12.8 Å². The molecule has 0 radical (unpaired) electrons. The smallest absolute Gasteiger partial charge is 0.347 e. The van der Waals surface area contributed by atoms with Crippen molar-refractivity contribution in [2.24, 2.45) is 0 Å². The summed E-state index contributed by atoms with van der Waals surface area (Å²) in [6, 6.07) is 4.21. The highest BCUT2D eigenvalue weighted by Crippen LogP contribution is 2.20. The van der Waals surface area contributed by atoms with Crippen molar-refractivity contribution >= 4 is 34.7 Å². The Hall–Kier alpha value is -1.18. The molecule has 5 nitrogen and oxygen atoms in total. The normalized spacial score (nSPS) is 9.57. The SMILES string of the molecule is Cc1ccc(C(=O)OI)cc1[N+](=O)[O-]. The zero-order valence-electron chi connectivity index (χ0n) is 7.19. The van der Waals surface area contributed by atoms with Gasteiger partial charge in [-0.3, -0.25) is 10.1 Å². The van der Waals surface area contributed by atoms with Gasteiger partial charge in [0.2, 0.25) is 0 Å². The quantitative estimate of drug-likeness (QED) is 0.478. The monoisotopic (exact) mass is 307 g/mol. The molecular formula is C8H6INO4. The van der Waals surface area contributed by atoms with Crippen LogP contribution < -0.4 is 0 Å². The Bertz CT molecular complexity index is 391. The van der Waals surface area contributed by atoms with Crippen molar-refractivity contribution in [3.63, 3.8) is 0 Å². The van der Waals surface area contributed by atoms with Crippen molar-refractivity contribution in [2.45, 2.75) is 6.92 Å². The van der Waals surface area contributed by atoms with E-state index in [1.54, 1.807) is 6.92 Å². The van der Waals surface area contributed by atoms with Gasteiger partial charge in [0.1, 0.15) is 0 Å². The second-order valence-electron chi connectivity index (χ2n) is 2.62. The second kappa shape index (κ2) is 4.36. The Morgan fingerprint density at radius 1 is 1.57 bits per heavy atom. The van der Waals surface area contributed by atoms with Crippen molar-refractivity contribution in [1.29, 1.82) is 0 Å². The number of carbonyl (C=O) groups is 1. The first-order valence-corrected chi connectivity index (χ1v) is 4.52. The summed E-state index contributed by atoms with van der Waals surface area (Å²) in [6.45, 7) is 1.61. The maximum atomic E-state index is 11.0. The molecule has 1 aromatic carbocycles. The molecule has 1 aromatic rings. The molecule has 0 aliphatic carbocycles. The summed E-state index contributed by atoms with van der Waals surface area (Å²) in [5, 5.41) is 10.5. The molecule has 0 aliphatic heterocycles. The van der Waals surface area contributed by atoms with Gasteiger partial charge >= 0.3 is 5.97 Å². The number of nitro groups is 1. The molecule has 6 heteroatoms. The van der Waals surface area contributed by atoms with E-state index in [0.29, 0.717) is 5.56 Å². The first kappa shape index (κ1) is 10.9. The summed E-state index contributed by atoms with van der Waals surface area (Å²) < 4.78 is 4.42. The second-order valence-corrected chi connectivity index (χ2v) is 3.06. The highest BCUT2D eigenvalue weighted by molar-refractivity contribution is 14.1. The highest BCUT2D eigenvalue weighted by atomic mass is 127. The lowest BCUT2D eigenvalue weighted by Crippen LogP contribution is -2.00. The van der Waals surface area contributed by atoms with Gasteiger partial charge in [0, 0.05) is 11.6 Å². The number of nitrogens with zero attached hydrogens (tertiary/aromatic N) is 1. The van der Waals surface area contributed by atoms with Gasteiger partial charge in [0.05, 0.1) is 10.5 Å². The standard InChI is InChI=1S/C8H6INO4/c1-5-2-3-6(8(11)14-9)4-7(5)10(12)13/h2-4H,1H3. The fraction of sp³-hybridized carbons (Fsp3) is 0.125. The number of rotatable bonds is 2. The van der Waals surface area contributed by atoms with Gasteiger partial charge in [-0.2, -0.15) is 0 Å². The number of nitro benzene ring substituents is 1. The Kier molecular flexibility index (Phi) is 3.39. The molecule has 0 unspecified atom stereocenters. The predicted molar refractivity (Wildman–Crippen MR) is 57.3 cm³/mol. The minimum atomic E-state index is -0.589. The van der Waals surface area contributed by atoms with Crippen LogP contribution in [0.4, 0.5) is 5.69 Å². The number of aryl methyl sites for hydroxylation is 1. The molecule has 14 heavy (non-hydrogen) atoms. The molecule has 1 rings (SSSR count). The van der Waals surface area contributed by atoms with E-state index in [1.807, 2.05) is 0 Å². The summed E-state index contributed by atoms with van der Waals surface area (Å²) in [5.74, 6) is -0.589. The average Bonchev–Trinajstić information content (AvgIpc) is 2.17. The summed E-state index contributed by atoms with van der Waals surface area (Å²) in [5.41, 5.74) is 0.612. The van der Waals surface area contributed by atoms with Gasteiger partial charge in [0.25, 0.3) is 5.69 Å². The van der Waals surface area contributed by atoms with E-state index in [0.717, 1.165) is 0 Å². The van der Waals surface area contributed by atoms with E-state index in [2.05, 4.69) is 3.07 Å². The molecule has 0 amide bonds. The van der Waals surface area contributed by atoms with E-state index in [4.69, 9.17) is 0 Å². The minimum absolute atomic E-state index is 0.0794. The average molecular weight is 307 g/mol. The Morgan fingerprint density at radius 2 is 2.21 bits per heavy atom. The van der Waals surface area contributed by atoms with Gasteiger partial charge in [-0.05, 0) is 13.0 Å². The maximum Gasteiger partial charge on any atom is 0.347 e. The van der Waals surface area contributed by atoms with Crippen LogP contribution in [0.1, 0.15) is 15.9 Å². The molecule has 74 valence electrons. The summed E-state index contributed by atoms with van der Waals surface area (Å²) in [6.07, 6.45) is 0. The zero-order valence-corrected chi connectivity index (χ0v) is 9.35. The molecule has 0 atom stereocenters. The summed E-state index contributed by atoms with van der Waals surface area (Å²) >= 11 is 1.44. The topological polar surface area (TPSA) is 69.4 Å². The van der Waals surface area contributed by atoms with E-state index < -0.39 is 10.9 Å². The highest BCUT2D eigenvalue weighted by Gasteiger charge is 2.15. The molecule has 0 N–H and O–H groups in total. The van der Waals surface area contributed by atoms with Crippen LogP contribution in [0.5, 0.6) is 0 Å².